The van der Waals surface area contributed by atoms with Gasteiger partial charge in [-0.05, 0) is 38.1 Å². The Balaban J connectivity index is 1.99. The summed E-state index contributed by atoms with van der Waals surface area (Å²) in [6, 6.07) is 2.88. The molecule has 1 aliphatic heterocycles. The van der Waals surface area contributed by atoms with Crippen molar-refractivity contribution < 1.29 is 16.8 Å². The maximum absolute atomic E-state index is 12.2. The van der Waals surface area contributed by atoms with Gasteiger partial charge in [0.15, 0.2) is 9.84 Å². The van der Waals surface area contributed by atoms with Crippen molar-refractivity contribution >= 4 is 31.2 Å². The summed E-state index contributed by atoms with van der Waals surface area (Å²) in [7, 11) is -6.71. The fourth-order valence-electron chi connectivity index (χ4n) is 2.19. The quantitative estimate of drug-likeness (QED) is 0.692. The third-order valence-corrected chi connectivity index (χ3v) is 8.18. The first-order valence-corrected chi connectivity index (χ1v) is 11.0. The maximum Gasteiger partial charge on any atom is 0.250 e. The molecule has 120 valence electrons. The molecule has 1 aromatic rings. The molecule has 2 heterocycles. The van der Waals surface area contributed by atoms with Crippen molar-refractivity contribution in [3.05, 3.63) is 17.0 Å². The van der Waals surface area contributed by atoms with Gasteiger partial charge >= 0.3 is 0 Å². The number of hydrogen-bond acceptors (Lipinski definition) is 6. The summed E-state index contributed by atoms with van der Waals surface area (Å²) < 4.78 is 50.0. The number of thiophene rings is 1. The van der Waals surface area contributed by atoms with Crippen LogP contribution in [-0.2, 0) is 26.3 Å². The smallest absolute Gasteiger partial charge is 0.250 e. The average molecular weight is 353 g/mol. The SMILES string of the molecule is CCNCCc1ccc(S(=O)(=O)NC2CCS(=O)(=O)C2)s1. The normalized spacial score (nSPS) is 21.7. The number of nitrogens with one attached hydrogen (secondary N) is 2. The molecule has 21 heavy (non-hydrogen) atoms. The Kier molecular flexibility index (Phi) is 5.42. The molecule has 1 aliphatic rings. The van der Waals surface area contributed by atoms with Crippen molar-refractivity contribution in [1.82, 2.24) is 10.0 Å². The Morgan fingerprint density at radius 3 is 2.76 bits per heavy atom. The zero-order chi connectivity index (χ0) is 15.5. The van der Waals surface area contributed by atoms with Crippen LogP contribution in [0.1, 0.15) is 18.2 Å². The molecule has 0 bridgehead atoms. The third kappa shape index (κ3) is 4.75. The Hall–Kier alpha value is -0.480. The fourth-order valence-corrected chi connectivity index (χ4v) is 6.61. The van der Waals surface area contributed by atoms with E-state index in [0.717, 1.165) is 24.4 Å². The highest BCUT2D eigenvalue weighted by atomic mass is 32.2. The van der Waals surface area contributed by atoms with Gasteiger partial charge in [0, 0.05) is 10.9 Å². The topological polar surface area (TPSA) is 92.3 Å². The van der Waals surface area contributed by atoms with E-state index in [2.05, 4.69) is 10.0 Å². The molecule has 1 aromatic heterocycles. The summed E-state index contributed by atoms with van der Waals surface area (Å²) in [6.45, 7) is 3.71. The molecule has 0 aliphatic carbocycles. The fraction of sp³-hybridized carbons (Fsp3) is 0.667. The molecule has 9 heteroatoms. The van der Waals surface area contributed by atoms with Crippen molar-refractivity contribution in [3.63, 3.8) is 0 Å². The van der Waals surface area contributed by atoms with Gasteiger partial charge < -0.3 is 5.32 Å². The summed E-state index contributed by atoms with van der Waals surface area (Å²) in [5.41, 5.74) is 0. The minimum atomic E-state index is -3.62. The Morgan fingerprint density at radius 1 is 1.38 bits per heavy atom. The molecule has 2 rings (SSSR count). The zero-order valence-electron chi connectivity index (χ0n) is 11.8. The van der Waals surface area contributed by atoms with Crippen LogP contribution in [0.4, 0.5) is 0 Å². The van der Waals surface area contributed by atoms with Gasteiger partial charge in [-0.15, -0.1) is 11.3 Å². The number of sulfonamides is 1. The van der Waals surface area contributed by atoms with E-state index in [1.165, 1.54) is 11.3 Å². The standard InChI is InChI=1S/C12H20N2O4S3/c1-2-13-7-5-11-3-4-12(19-11)21(17,18)14-10-6-8-20(15,16)9-10/h3-4,10,13-14H,2,5-9H2,1H3. The predicted molar refractivity (Wildman–Crippen MR) is 83.9 cm³/mol. The molecule has 6 nitrogen and oxygen atoms in total. The molecule has 1 fully saturated rings. The van der Waals surface area contributed by atoms with Gasteiger partial charge in [-0.1, -0.05) is 6.92 Å². The first kappa shape index (κ1) is 16.9. The van der Waals surface area contributed by atoms with Crippen LogP contribution < -0.4 is 10.0 Å². The van der Waals surface area contributed by atoms with Crippen molar-refractivity contribution in [2.75, 3.05) is 24.6 Å². The molecule has 0 radical (unpaired) electrons. The molecule has 0 amide bonds. The average Bonchev–Trinajstić information content (AvgIpc) is 2.97. The minimum absolute atomic E-state index is 0.0541. The molecular weight excluding hydrogens is 332 g/mol. The zero-order valence-corrected chi connectivity index (χ0v) is 14.3. The van der Waals surface area contributed by atoms with E-state index in [9.17, 15) is 16.8 Å². The second-order valence-corrected chi connectivity index (χ2v) is 10.4. The predicted octanol–water partition coefficient (Wildman–Crippen LogP) is 0.365. The Labute approximate surface area is 129 Å². The number of hydrogen-bond donors (Lipinski definition) is 2. The van der Waals surface area contributed by atoms with E-state index in [-0.39, 0.29) is 15.7 Å². The van der Waals surface area contributed by atoms with E-state index in [0.29, 0.717) is 6.42 Å². The lowest BCUT2D eigenvalue weighted by Crippen LogP contribution is -2.35. The Bertz CT molecular complexity index is 679. The van der Waals surface area contributed by atoms with E-state index >= 15 is 0 Å². The van der Waals surface area contributed by atoms with Crippen LogP contribution in [0.15, 0.2) is 16.3 Å². The lowest BCUT2D eigenvalue weighted by molar-refractivity contribution is 0.564. The van der Waals surface area contributed by atoms with E-state index < -0.39 is 25.9 Å². The van der Waals surface area contributed by atoms with Crippen molar-refractivity contribution in [2.45, 2.75) is 30.0 Å². The summed E-state index contributed by atoms with van der Waals surface area (Å²) >= 11 is 1.23. The molecule has 1 atom stereocenters. The number of likely N-dealkylation sites (N-methyl/N-ethyl adjacent to an activating group) is 1. The molecule has 1 unspecified atom stereocenters. The van der Waals surface area contributed by atoms with Crippen LogP contribution in [0.5, 0.6) is 0 Å². The first-order chi connectivity index (χ1) is 9.82. The van der Waals surface area contributed by atoms with Gasteiger partial charge in [0.25, 0.3) is 0 Å². The monoisotopic (exact) mass is 352 g/mol. The summed E-state index contributed by atoms with van der Waals surface area (Å²) in [6.07, 6.45) is 1.13. The molecule has 2 N–H and O–H groups in total. The Morgan fingerprint density at radius 2 is 2.14 bits per heavy atom. The summed E-state index contributed by atoms with van der Waals surface area (Å²) in [5.74, 6) is -0.0521. The second-order valence-electron chi connectivity index (χ2n) is 5.05. The van der Waals surface area contributed by atoms with E-state index in [1.54, 1.807) is 6.07 Å². The largest absolute Gasteiger partial charge is 0.317 e. The van der Waals surface area contributed by atoms with Gasteiger partial charge in [0.05, 0.1) is 11.5 Å². The van der Waals surface area contributed by atoms with Crippen LogP contribution in [0.25, 0.3) is 0 Å². The van der Waals surface area contributed by atoms with Gasteiger partial charge in [-0.3, -0.25) is 0 Å². The molecular formula is C12H20N2O4S3. The van der Waals surface area contributed by atoms with Crippen LogP contribution in [-0.4, -0.2) is 47.5 Å². The highest BCUT2D eigenvalue weighted by Crippen LogP contribution is 2.23. The van der Waals surface area contributed by atoms with Crippen LogP contribution in [0.2, 0.25) is 0 Å². The second kappa shape index (κ2) is 6.74. The summed E-state index contributed by atoms with van der Waals surface area (Å²) in [4.78, 5) is 0.996. The number of rotatable bonds is 7. The van der Waals surface area contributed by atoms with Gasteiger partial charge in [0.1, 0.15) is 4.21 Å². The molecule has 1 saturated heterocycles. The van der Waals surface area contributed by atoms with Crippen molar-refractivity contribution in [1.29, 1.82) is 0 Å². The highest BCUT2D eigenvalue weighted by Gasteiger charge is 2.31. The van der Waals surface area contributed by atoms with Crippen LogP contribution >= 0.6 is 11.3 Å². The molecule has 0 aromatic carbocycles. The first-order valence-electron chi connectivity index (χ1n) is 6.84. The lowest BCUT2D eigenvalue weighted by atomic mass is 10.3. The van der Waals surface area contributed by atoms with Gasteiger partial charge in [-0.25, -0.2) is 21.6 Å². The summed E-state index contributed by atoms with van der Waals surface area (Å²) in [5, 5.41) is 3.19. The molecule has 0 saturated carbocycles. The van der Waals surface area contributed by atoms with E-state index in [1.807, 2.05) is 13.0 Å². The van der Waals surface area contributed by atoms with Crippen LogP contribution in [0, 0.1) is 0 Å². The number of sulfone groups is 1. The van der Waals surface area contributed by atoms with E-state index in [4.69, 9.17) is 0 Å². The molecule has 0 spiro atoms. The van der Waals surface area contributed by atoms with Crippen molar-refractivity contribution in [2.24, 2.45) is 0 Å². The van der Waals surface area contributed by atoms with Gasteiger partial charge in [-0.2, -0.15) is 0 Å². The highest BCUT2D eigenvalue weighted by molar-refractivity contribution is 7.92. The maximum atomic E-state index is 12.2. The minimum Gasteiger partial charge on any atom is -0.317 e. The lowest BCUT2D eigenvalue weighted by Gasteiger charge is -2.09. The van der Waals surface area contributed by atoms with Crippen LogP contribution in [0.3, 0.4) is 0 Å². The third-order valence-electron chi connectivity index (χ3n) is 3.25. The van der Waals surface area contributed by atoms with Crippen molar-refractivity contribution in [3.8, 4) is 0 Å². The van der Waals surface area contributed by atoms with Gasteiger partial charge in [0.2, 0.25) is 10.0 Å².